The smallest absolute Gasteiger partial charge is 0.339 e. The summed E-state index contributed by atoms with van der Waals surface area (Å²) in [7, 11) is 0. The van der Waals surface area contributed by atoms with Crippen LogP contribution >= 0.6 is 11.6 Å². The van der Waals surface area contributed by atoms with Crippen molar-refractivity contribution in [2.45, 2.75) is 6.10 Å². The van der Waals surface area contributed by atoms with Gasteiger partial charge in [0.05, 0.1) is 17.2 Å². The first-order valence-corrected chi connectivity index (χ1v) is 4.73. The Hall–Kier alpha value is -1.10. The summed E-state index contributed by atoms with van der Waals surface area (Å²) in [6.45, 7) is -0.698. The van der Waals surface area contributed by atoms with Gasteiger partial charge in [-0.3, -0.25) is 0 Å². The van der Waals surface area contributed by atoms with Crippen molar-refractivity contribution < 1.29 is 19.7 Å². The minimum atomic E-state index is -1.06. The second-order valence-corrected chi connectivity index (χ2v) is 3.32. The molecule has 0 aromatic heterocycles. The summed E-state index contributed by atoms with van der Waals surface area (Å²) in [5.41, 5.74) is 0.240. The number of aliphatic hydroxyl groups excluding tert-OH is 2. The maximum atomic E-state index is 11.4. The molecule has 0 amide bonds. The first kappa shape index (κ1) is 12.0. The van der Waals surface area contributed by atoms with Crippen molar-refractivity contribution in [2.75, 3.05) is 13.2 Å². The van der Waals surface area contributed by atoms with Crippen molar-refractivity contribution in [1.29, 1.82) is 0 Å². The van der Waals surface area contributed by atoms with E-state index in [1.54, 1.807) is 18.2 Å². The summed E-state index contributed by atoms with van der Waals surface area (Å²) in [5, 5.41) is 17.8. The van der Waals surface area contributed by atoms with Gasteiger partial charge in [-0.05, 0) is 12.1 Å². The molecule has 0 bridgehead atoms. The quantitative estimate of drug-likeness (QED) is 0.753. The van der Waals surface area contributed by atoms with E-state index in [0.29, 0.717) is 5.02 Å². The predicted octanol–water partition coefficient (Wildman–Crippen LogP) is 0.850. The molecule has 0 aliphatic carbocycles. The number of rotatable bonds is 4. The highest BCUT2D eigenvalue weighted by molar-refractivity contribution is 6.33. The number of carbonyl (C=O) groups excluding carboxylic acids is 1. The van der Waals surface area contributed by atoms with Crippen molar-refractivity contribution in [3.05, 3.63) is 34.9 Å². The fourth-order valence-electron chi connectivity index (χ4n) is 0.929. The summed E-state index contributed by atoms with van der Waals surface area (Å²) >= 11 is 5.76. The third kappa shape index (κ3) is 3.51. The van der Waals surface area contributed by atoms with Crippen LogP contribution in [-0.4, -0.2) is 35.5 Å². The maximum absolute atomic E-state index is 11.4. The zero-order valence-corrected chi connectivity index (χ0v) is 8.65. The molecule has 82 valence electrons. The summed E-state index contributed by atoms with van der Waals surface area (Å²) in [6, 6.07) is 6.45. The highest BCUT2D eigenvalue weighted by Crippen LogP contribution is 2.15. The summed E-state index contributed by atoms with van der Waals surface area (Å²) in [5.74, 6) is -0.617. The highest BCUT2D eigenvalue weighted by Gasteiger charge is 2.12. The maximum Gasteiger partial charge on any atom is 0.339 e. The van der Waals surface area contributed by atoms with Crippen LogP contribution in [0.4, 0.5) is 0 Å². The normalized spacial score (nSPS) is 12.2. The molecule has 5 heteroatoms. The largest absolute Gasteiger partial charge is 0.459 e. The van der Waals surface area contributed by atoms with Crippen LogP contribution in [0.25, 0.3) is 0 Å². The third-order valence-electron chi connectivity index (χ3n) is 1.71. The van der Waals surface area contributed by atoms with Crippen LogP contribution in [0.1, 0.15) is 10.4 Å². The fourth-order valence-corrected chi connectivity index (χ4v) is 1.14. The number of carbonyl (C=O) groups is 1. The van der Waals surface area contributed by atoms with Crippen molar-refractivity contribution in [2.24, 2.45) is 0 Å². The van der Waals surface area contributed by atoms with E-state index in [-0.39, 0.29) is 12.2 Å². The van der Waals surface area contributed by atoms with Crippen LogP contribution in [0.2, 0.25) is 5.02 Å². The van der Waals surface area contributed by atoms with E-state index in [1.807, 2.05) is 0 Å². The van der Waals surface area contributed by atoms with Gasteiger partial charge in [0.2, 0.25) is 0 Å². The number of aliphatic hydroxyl groups is 2. The summed E-state index contributed by atoms with van der Waals surface area (Å²) < 4.78 is 4.73. The highest BCUT2D eigenvalue weighted by atomic mass is 35.5. The Morgan fingerprint density at radius 3 is 2.73 bits per heavy atom. The van der Waals surface area contributed by atoms with Crippen molar-refractivity contribution >= 4 is 17.6 Å². The van der Waals surface area contributed by atoms with E-state index in [1.165, 1.54) is 6.07 Å². The first-order chi connectivity index (χ1) is 7.15. The molecule has 0 heterocycles. The number of halogens is 1. The van der Waals surface area contributed by atoms with Crippen LogP contribution in [-0.2, 0) is 4.74 Å². The van der Waals surface area contributed by atoms with Gasteiger partial charge in [0, 0.05) is 0 Å². The molecule has 1 aromatic rings. The van der Waals surface area contributed by atoms with E-state index in [9.17, 15) is 4.79 Å². The van der Waals surface area contributed by atoms with E-state index in [4.69, 9.17) is 26.6 Å². The Labute approximate surface area is 92.1 Å². The summed E-state index contributed by atoms with van der Waals surface area (Å²) in [6.07, 6.45) is -1.06. The monoisotopic (exact) mass is 230 g/mol. The van der Waals surface area contributed by atoms with Crippen LogP contribution in [0.3, 0.4) is 0 Å². The second-order valence-electron chi connectivity index (χ2n) is 2.91. The third-order valence-corrected chi connectivity index (χ3v) is 2.04. The first-order valence-electron chi connectivity index (χ1n) is 4.35. The predicted molar refractivity (Wildman–Crippen MR) is 54.8 cm³/mol. The lowest BCUT2D eigenvalue weighted by atomic mass is 10.2. The zero-order chi connectivity index (χ0) is 11.3. The van der Waals surface area contributed by atoms with Gasteiger partial charge in [-0.1, -0.05) is 23.7 Å². The number of esters is 1. The Morgan fingerprint density at radius 2 is 2.13 bits per heavy atom. The number of hydrogen-bond acceptors (Lipinski definition) is 4. The molecule has 1 aromatic carbocycles. The minimum Gasteiger partial charge on any atom is -0.459 e. The average molecular weight is 231 g/mol. The molecular formula is C10H11ClO4. The number of ether oxygens (including phenoxy) is 1. The van der Waals surface area contributed by atoms with Gasteiger partial charge in [0.15, 0.2) is 0 Å². The molecule has 1 unspecified atom stereocenters. The van der Waals surface area contributed by atoms with Crippen molar-refractivity contribution in [3.63, 3.8) is 0 Å². The van der Waals surface area contributed by atoms with Crippen LogP contribution in [0.5, 0.6) is 0 Å². The molecule has 2 N–H and O–H groups in total. The molecule has 0 radical (unpaired) electrons. The van der Waals surface area contributed by atoms with Gasteiger partial charge in [-0.2, -0.15) is 0 Å². The van der Waals surface area contributed by atoms with Gasteiger partial charge in [-0.25, -0.2) is 4.79 Å². The lowest BCUT2D eigenvalue weighted by Crippen LogP contribution is -2.22. The lowest BCUT2D eigenvalue weighted by molar-refractivity contribution is 0.00934. The minimum absolute atomic E-state index is 0.240. The Kier molecular flexibility index (Phi) is 4.55. The van der Waals surface area contributed by atoms with E-state index >= 15 is 0 Å². The topological polar surface area (TPSA) is 66.8 Å². The molecule has 0 aliphatic heterocycles. The standard InChI is InChI=1S/C10H11ClO4/c11-9-4-2-1-3-8(9)10(14)15-6-7(13)5-12/h1-4,7,12-13H,5-6H2. The van der Waals surface area contributed by atoms with Crippen molar-refractivity contribution in [1.82, 2.24) is 0 Å². The van der Waals surface area contributed by atoms with Gasteiger partial charge in [0.25, 0.3) is 0 Å². The van der Waals surface area contributed by atoms with Gasteiger partial charge < -0.3 is 14.9 Å². The zero-order valence-electron chi connectivity index (χ0n) is 7.89. The second kappa shape index (κ2) is 5.70. The van der Waals surface area contributed by atoms with Gasteiger partial charge >= 0.3 is 5.97 Å². The van der Waals surface area contributed by atoms with Gasteiger partial charge in [0.1, 0.15) is 12.7 Å². The lowest BCUT2D eigenvalue weighted by Gasteiger charge is -2.08. The molecule has 0 saturated carbocycles. The molecule has 0 saturated heterocycles. The number of benzene rings is 1. The van der Waals surface area contributed by atoms with Crippen LogP contribution < -0.4 is 0 Å². The molecule has 0 fully saturated rings. The molecule has 15 heavy (non-hydrogen) atoms. The van der Waals surface area contributed by atoms with Crippen LogP contribution in [0.15, 0.2) is 24.3 Å². The molecular weight excluding hydrogens is 220 g/mol. The number of hydrogen-bond donors (Lipinski definition) is 2. The van der Waals surface area contributed by atoms with E-state index in [2.05, 4.69) is 0 Å². The molecule has 0 aliphatic rings. The molecule has 1 atom stereocenters. The Morgan fingerprint density at radius 1 is 1.47 bits per heavy atom. The SMILES string of the molecule is O=C(OCC(O)CO)c1ccccc1Cl. The fraction of sp³-hybridized carbons (Fsp3) is 0.300. The van der Waals surface area contributed by atoms with E-state index < -0.39 is 18.7 Å². The average Bonchev–Trinajstić information content (AvgIpc) is 2.26. The molecule has 4 nitrogen and oxygen atoms in total. The van der Waals surface area contributed by atoms with Crippen molar-refractivity contribution in [3.8, 4) is 0 Å². The molecule has 0 spiro atoms. The Balaban J connectivity index is 2.58. The summed E-state index contributed by atoms with van der Waals surface area (Å²) in [4.78, 5) is 11.4. The Bertz CT molecular complexity index is 340. The van der Waals surface area contributed by atoms with E-state index in [0.717, 1.165) is 0 Å². The van der Waals surface area contributed by atoms with Gasteiger partial charge in [-0.15, -0.1) is 0 Å². The van der Waals surface area contributed by atoms with Crippen LogP contribution in [0, 0.1) is 0 Å². The molecule has 1 rings (SSSR count).